The molecule has 208 valence electrons. The highest BCUT2D eigenvalue weighted by Crippen LogP contribution is 2.35. The number of nitrogens with two attached hydrogens (primary N) is 2. The Hall–Kier alpha value is -3.96. The van der Waals surface area contributed by atoms with E-state index < -0.39 is 29.9 Å². The predicted octanol–water partition coefficient (Wildman–Crippen LogP) is 2.48. The summed E-state index contributed by atoms with van der Waals surface area (Å²) in [4.78, 5) is 27.3. The van der Waals surface area contributed by atoms with Gasteiger partial charge in [-0.15, -0.1) is 10.2 Å². The topological polar surface area (TPSA) is 189 Å². The maximum absolute atomic E-state index is 14.0. The molecular weight excluding hydrogens is 502 g/mol. The van der Waals surface area contributed by atoms with Crippen LogP contribution < -0.4 is 11.5 Å². The number of phenolic OH excluding ortho intramolecular Hbond substituents is 2. The molecule has 1 saturated heterocycles. The summed E-state index contributed by atoms with van der Waals surface area (Å²) < 4.78 is 6.06. The number of carboxylic acid groups (broad SMARTS) is 1. The van der Waals surface area contributed by atoms with Crippen molar-refractivity contribution in [2.75, 3.05) is 13.1 Å². The van der Waals surface area contributed by atoms with Gasteiger partial charge in [-0.05, 0) is 80.5 Å². The molecule has 0 saturated carbocycles. The first-order chi connectivity index (χ1) is 18.8. The summed E-state index contributed by atoms with van der Waals surface area (Å²) in [5.74, 6) is -1.79. The van der Waals surface area contributed by atoms with Gasteiger partial charge in [0.25, 0.3) is 0 Å². The summed E-state index contributed by atoms with van der Waals surface area (Å²) in [5.41, 5.74) is 13.9. The van der Waals surface area contributed by atoms with Crippen LogP contribution in [0.15, 0.2) is 52.9 Å². The van der Waals surface area contributed by atoms with E-state index in [9.17, 15) is 24.9 Å². The maximum atomic E-state index is 14.0. The van der Waals surface area contributed by atoms with Gasteiger partial charge >= 0.3 is 5.97 Å². The van der Waals surface area contributed by atoms with Gasteiger partial charge < -0.3 is 36.1 Å². The first-order valence-corrected chi connectivity index (χ1v) is 13.1. The molecule has 11 heteroatoms. The summed E-state index contributed by atoms with van der Waals surface area (Å²) in [6.07, 6.45) is 2.76. The number of carbonyl (C=O) groups excluding carboxylic acids is 1. The van der Waals surface area contributed by atoms with Crippen molar-refractivity contribution < 1.29 is 29.3 Å². The second-order valence-corrected chi connectivity index (χ2v) is 10.00. The van der Waals surface area contributed by atoms with E-state index in [0.29, 0.717) is 45.2 Å². The van der Waals surface area contributed by atoms with Crippen molar-refractivity contribution in [3.05, 3.63) is 71.4 Å². The minimum Gasteiger partial charge on any atom is -0.508 e. The average Bonchev–Trinajstić information content (AvgIpc) is 3.61. The van der Waals surface area contributed by atoms with Crippen LogP contribution in [0.4, 0.5) is 0 Å². The van der Waals surface area contributed by atoms with Gasteiger partial charge in [0.05, 0.1) is 12.0 Å². The van der Waals surface area contributed by atoms with Crippen molar-refractivity contribution in [2.24, 2.45) is 17.4 Å². The monoisotopic (exact) mass is 537 g/mol. The number of likely N-dealkylation sites (tertiary alicyclic amines) is 1. The number of phenols is 2. The standard InChI is InChI=1S/C28H35N5O6/c29-13-1-3-21(25-31-32-26(39-25)23(30)16-18-7-11-20(35)12-8-18)22(15-17-5-9-19(34)10-6-17)27(36)33-14-2-4-24(33)28(37)38/h5-12,21-24,34-35H,1-4,13-16,29-30H2,(H,37,38)/t21?,22-,23+,24+/m1/s1. The van der Waals surface area contributed by atoms with E-state index in [1.807, 2.05) is 0 Å². The van der Waals surface area contributed by atoms with Gasteiger partial charge in [-0.1, -0.05) is 24.3 Å². The summed E-state index contributed by atoms with van der Waals surface area (Å²) >= 11 is 0. The third kappa shape index (κ3) is 6.92. The molecule has 0 spiro atoms. The Bertz CT molecular complexity index is 1250. The number of aliphatic carboxylic acids is 1. The molecule has 1 aliphatic heterocycles. The summed E-state index contributed by atoms with van der Waals surface area (Å²) in [6, 6.07) is 11.8. The van der Waals surface area contributed by atoms with Crippen molar-refractivity contribution in [3.8, 4) is 11.5 Å². The molecule has 2 aromatic carbocycles. The second-order valence-electron chi connectivity index (χ2n) is 10.00. The van der Waals surface area contributed by atoms with E-state index in [2.05, 4.69) is 10.2 Å². The van der Waals surface area contributed by atoms with Gasteiger partial charge in [-0.25, -0.2) is 4.79 Å². The normalized spacial score (nSPS) is 17.6. The number of amides is 1. The quantitative estimate of drug-likeness (QED) is 0.229. The number of aromatic nitrogens is 2. The number of hydrogen-bond donors (Lipinski definition) is 5. The molecule has 0 aliphatic carbocycles. The zero-order valence-corrected chi connectivity index (χ0v) is 21.6. The average molecular weight is 538 g/mol. The van der Waals surface area contributed by atoms with Crippen LogP contribution in [0.1, 0.15) is 60.6 Å². The minimum atomic E-state index is -1.02. The molecule has 2 heterocycles. The SMILES string of the molecule is NCCCC(c1nnc([C@@H](N)Cc2ccc(O)cc2)o1)[C@@H](Cc1ccc(O)cc1)C(=O)N1CCC[C@H]1C(=O)O. The Morgan fingerprint density at radius 3 is 2.15 bits per heavy atom. The molecule has 4 atom stereocenters. The lowest BCUT2D eigenvalue weighted by Crippen LogP contribution is -2.45. The lowest BCUT2D eigenvalue weighted by Gasteiger charge is -2.30. The van der Waals surface area contributed by atoms with E-state index in [1.54, 1.807) is 48.5 Å². The zero-order valence-electron chi connectivity index (χ0n) is 21.6. The summed E-state index contributed by atoms with van der Waals surface area (Å²) in [5, 5.41) is 37.5. The van der Waals surface area contributed by atoms with Crippen molar-refractivity contribution in [3.63, 3.8) is 0 Å². The van der Waals surface area contributed by atoms with Crippen molar-refractivity contribution in [1.82, 2.24) is 15.1 Å². The van der Waals surface area contributed by atoms with Crippen LogP contribution in [-0.2, 0) is 22.4 Å². The fourth-order valence-electron chi connectivity index (χ4n) is 5.14. The van der Waals surface area contributed by atoms with E-state index in [-0.39, 0.29) is 35.6 Å². The highest BCUT2D eigenvalue weighted by atomic mass is 16.4. The second kappa shape index (κ2) is 12.7. The number of carbonyl (C=O) groups is 2. The van der Waals surface area contributed by atoms with Crippen LogP contribution in [-0.4, -0.2) is 61.4 Å². The van der Waals surface area contributed by atoms with Crippen molar-refractivity contribution in [2.45, 2.75) is 56.5 Å². The fraction of sp³-hybridized carbons (Fsp3) is 0.429. The van der Waals surface area contributed by atoms with Crippen LogP contribution in [0, 0.1) is 5.92 Å². The Balaban J connectivity index is 1.64. The summed E-state index contributed by atoms with van der Waals surface area (Å²) in [7, 11) is 0. The molecule has 7 N–H and O–H groups in total. The third-order valence-electron chi connectivity index (χ3n) is 7.22. The molecule has 39 heavy (non-hydrogen) atoms. The number of hydrogen-bond acceptors (Lipinski definition) is 9. The molecule has 1 aromatic heterocycles. The molecule has 1 fully saturated rings. The molecule has 3 aromatic rings. The van der Waals surface area contributed by atoms with Crippen LogP contribution in [0.5, 0.6) is 11.5 Å². The Labute approximate surface area is 226 Å². The molecule has 11 nitrogen and oxygen atoms in total. The largest absolute Gasteiger partial charge is 0.508 e. The highest BCUT2D eigenvalue weighted by molar-refractivity contribution is 5.86. The third-order valence-corrected chi connectivity index (χ3v) is 7.22. The highest BCUT2D eigenvalue weighted by Gasteiger charge is 2.41. The zero-order chi connectivity index (χ0) is 27.9. The van der Waals surface area contributed by atoms with Crippen LogP contribution >= 0.6 is 0 Å². The molecular formula is C28H35N5O6. The number of rotatable bonds is 12. The predicted molar refractivity (Wildman–Crippen MR) is 142 cm³/mol. The molecule has 1 unspecified atom stereocenters. The lowest BCUT2D eigenvalue weighted by molar-refractivity contribution is -0.150. The van der Waals surface area contributed by atoms with E-state index in [1.165, 1.54) is 4.90 Å². The summed E-state index contributed by atoms with van der Waals surface area (Å²) in [6.45, 7) is 0.748. The van der Waals surface area contributed by atoms with Crippen molar-refractivity contribution in [1.29, 1.82) is 0 Å². The maximum Gasteiger partial charge on any atom is 0.326 e. The van der Waals surface area contributed by atoms with Gasteiger partial charge in [0.2, 0.25) is 17.7 Å². The number of benzene rings is 2. The fourth-order valence-corrected chi connectivity index (χ4v) is 5.14. The molecule has 1 aliphatic rings. The first kappa shape index (κ1) is 28.1. The van der Waals surface area contributed by atoms with Crippen LogP contribution in [0.25, 0.3) is 0 Å². The van der Waals surface area contributed by atoms with Crippen molar-refractivity contribution >= 4 is 11.9 Å². The van der Waals surface area contributed by atoms with Gasteiger partial charge in [-0.2, -0.15) is 0 Å². The Kier molecular flexibility index (Phi) is 9.15. The van der Waals surface area contributed by atoms with E-state index in [0.717, 1.165) is 11.1 Å². The van der Waals surface area contributed by atoms with Gasteiger partial charge in [0.15, 0.2) is 0 Å². The van der Waals surface area contributed by atoms with Gasteiger partial charge in [0.1, 0.15) is 17.5 Å². The first-order valence-electron chi connectivity index (χ1n) is 13.1. The van der Waals surface area contributed by atoms with E-state index >= 15 is 0 Å². The van der Waals surface area contributed by atoms with E-state index in [4.69, 9.17) is 15.9 Å². The smallest absolute Gasteiger partial charge is 0.326 e. The Morgan fingerprint density at radius 2 is 1.56 bits per heavy atom. The lowest BCUT2D eigenvalue weighted by atomic mass is 9.82. The molecule has 4 rings (SSSR count). The Morgan fingerprint density at radius 1 is 0.974 bits per heavy atom. The minimum absolute atomic E-state index is 0.107. The number of carboxylic acids is 1. The molecule has 0 bridgehead atoms. The van der Waals surface area contributed by atoms with Gasteiger partial charge in [0, 0.05) is 12.5 Å². The molecule has 0 radical (unpaired) electrons. The molecule has 1 amide bonds. The van der Waals surface area contributed by atoms with Crippen LogP contribution in [0.3, 0.4) is 0 Å². The number of nitrogens with zero attached hydrogens (tertiary/aromatic N) is 3. The number of aromatic hydroxyl groups is 2. The van der Waals surface area contributed by atoms with Crippen LogP contribution in [0.2, 0.25) is 0 Å². The van der Waals surface area contributed by atoms with Gasteiger partial charge in [-0.3, -0.25) is 4.79 Å².